The highest BCUT2D eigenvalue weighted by Gasteiger charge is 2.24. The van der Waals surface area contributed by atoms with Gasteiger partial charge < -0.3 is 5.32 Å². The quantitative estimate of drug-likeness (QED) is 0.823. The second-order valence-corrected chi connectivity index (χ2v) is 5.20. The maximum Gasteiger partial charge on any atom is 0.224 e. The van der Waals surface area contributed by atoms with Crippen molar-refractivity contribution in [2.45, 2.75) is 43.5 Å². The van der Waals surface area contributed by atoms with Gasteiger partial charge in [-0.2, -0.15) is 0 Å². The van der Waals surface area contributed by atoms with E-state index < -0.39 is 0 Å². The van der Waals surface area contributed by atoms with Gasteiger partial charge in [0.2, 0.25) is 5.91 Å². The van der Waals surface area contributed by atoms with Crippen molar-refractivity contribution >= 4 is 17.5 Å². The van der Waals surface area contributed by atoms with Crippen LogP contribution in [0.4, 0.5) is 0 Å². The van der Waals surface area contributed by atoms with Crippen LogP contribution in [0.3, 0.4) is 0 Å². The van der Waals surface area contributed by atoms with Gasteiger partial charge in [0.25, 0.3) is 0 Å². The van der Waals surface area contributed by atoms with Crippen molar-refractivity contribution in [1.82, 2.24) is 5.32 Å². The highest BCUT2D eigenvalue weighted by Crippen LogP contribution is 2.23. The molecular weight excluding hydrogens is 234 g/mol. The van der Waals surface area contributed by atoms with Crippen molar-refractivity contribution in [3.8, 4) is 0 Å². The normalized spacial score (nSPS) is 24.3. The predicted octanol–water partition coefficient (Wildman–Crippen LogP) is 2.90. The Morgan fingerprint density at radius 1 is 1.24 bits per heavy atom. The Hall–Kier alpha value is -1.02. The van der Waals surface area contributed by atoms with Gasteiger partial charge in [-0.25, -0.2) is 0 Å². The average molecular weight is 252 g/mol. The monoisotopic (exact) mass is 251 g/mol. The summed E-state index contributed by atoms with van der Waals surface area (Å²) < 4.78 is 0. The number of nitrogens with one attached hydrogen (secondary N) is 1. The molecule has 1 amide bonds. The van der Waals surface area contributed by atoms with Gasteiger partial charge in [-0.1, -0.05) is 43.2 Å². The van der Waals surface area contributed by atoms with Crippen LogP contribution in [0.1, 0.15) is 31.2 Å². The molecule has 0 spiro atoms. The first kappa shape index (κ1) is 12.4. The van der Waals surface area contributed by atoms with Crippen molar-refractivity contribution in [1.29, 1.82) is 0 Å². The lowest BCUT2D eigenvalue weighted by Crippen LogP contribution is -2.43. The van der Waals surface area contributed by atoms with E-state index in [1.54, 1.807) is 0 Å². The van der Waals surface area contributed by atoms with Crippen LogP contribution in [-0.4, -0.2) is 17.3 Å². The Morgan fingerprint density at radius 2 is 1.94 bits per heavy atom. The van der Waals surface area contributed by atoms with E-state index in [9.17, 15) is 4.79 Å². The molecule has 17 heavy (non-hydrogen) atoms. The van der Waals surface area contributed by atoms with Gasteiger partial charge >= 0.3 is 0 Å². The third-order valence-electron chi connectivity index (χ3n) is 3.24. The highest BCUT2D eigenvalue weighted by molar-refractivity contribution is 6.21. The minimum atomic E-state index is 0.0775. The van der Waals surface area contributed by atoms with E-state index in [0.29, 0.717) is 6.42 Å². The second-order valence-electron chi connectivity index (χ2n) is 4.64. The summed E-state index contributed by atoms with van der Waals surface area (Å²) in [7, 11) is 0. The third kappa shape index (κ3) is 3.74. The number of alkyl halides is 1. The Bertz CT molecular complexity index is 366. The van der Waals surface area contributed by atoms with Crippen LogP contribution >= 0.6 is 11.6 Å². The fourth-order valence-corrected chi connectivity index (χ4v) is 2.63. The molecule has 2 rings (SSSR count). The fraction of sp³-hybridized carbons (Fsp3) is 0.500. The van der Waals surface area contributed by atoms with Gasteiger partial charge in [0.1, 0.15) is 0 Å². The number of carbonyl (C=O) groups excluding carboxylic acids is 1. The van der Waals surface area contributed by atoms with Crippen LogP contribution in [0, 0.1) is 0 Å². The van der Waals surface area contributed by atoms with E-state index in [4.69, 9.17) is 11.6 Å². The number of benzene rings is 1. The molecule has 3 heteroatoms. The highest BCUT2D eigenvalue weighted by atomic mass is 35.5. The summed E-state index contributed by atoms with van der Waals surface area (Å²) in [5, 5.41) is 3.15. The maximum atomic E-state index is 11.9. The Morgan fingerprint density at radius 3 is 2.65 bits per heavy atom. The van der Waals surface area contributed by atoms with Crippen molar-refractivity contribution in [3.05, 3.63) is 35.9 Å². The third-order valence-corrected chi connectivity index (χ3v) is 3.76. The molecule has 1 saturated carbocycles. The summed E-state index contributed by atoms with van der Waals surface area (Å²) in [6, 6.07) is 9.96. The van der Waals surface area contributed by atoms with Gasteiger partial charge in [-0.15, -0.1) is 11.6 Å². The standard InChI is InChI=1S/C14H18ClNO/c15-12-8-4-5-9-13(12)16-14(17)10-11-6-2-1-3-7-11/h1-3,6-7,12-13H,4-5,8-10H2,(H,16,17)/t12-,13-/m1/s1. The first-order valence-electron chi connectivity index (χ1n) is 6.23. The summed E-state index contributed by atoms with van der Waals surface area (Å²) in [6.45, 7) is 0. The molecule has 1 N–H and O–H groups in total. The lowest BCUT2D eigenvalue weighted by molar-refractivity contribution is -0.121. The Kier molecular flexibility index (Phi) is 4.43. The summed E-state index contributed by atoms with van der Waals surface area (Å²) in [5.74, 6) is 0.0775. The molecule has 0 aliphatic heterocycles. The largest absolute Gasteiger partial charge is 0.352 e. The molecule has 2 nitrogen and oxygen atoms in total. The van der Waals surface area contributed by atoms with E-state index in [-0.39, 0.29) is 17.3 Å². The van der Waals surface area contributed by atoms with Crippen molar-refractivity contribution in [2.75, 3.05) is 0 Å². The molecular formula is C14H18ClNO. The second kappa shape index (κ2) is 6.06. The molecule has 0 aromatic heterocycles. The topological polar surface area (TPSA) is 29.1 Å². The van der Waals surface area contributed by atoms with Crippen molar-refractivity contribution in [2.24, 2.45) is 0 Å². The van der Waals surface area contributed by atoms with Crippen LogP contribution in [-0.2, 0) is 11.2 Å². The molecule has 0 saturated heterocycles. The van der Waals surface area contributed by atoms with Crippen LogP contribution in [0.25, 0.3) is 0 Å². The van der Waals surface area contributed by atoms with Crippen LogP contribution in [0.5, 0.6) is 0 Å². The van der Waals surface area contributed by atoms with E-state index in [1.165, 1.54) is 12.8 Å². The maximum absolute atomic E-state index is 11.9. The van der Waals surface area contributed by atoms with E-state index in [0.717, 1.165) is 18.4 Å². The van der Waals surface area contributed by atoms with E-state index in [1.807, 2.05) is 30.3 Å². The smallest absolute Gasteiger partial charge is 0.224 e. The SMILES string of the molecule is O=C(Cc1ccccc1)N[C@@H]1CCCC[C@H]1Cl. The zero-order valence-electron chi connectivity index (χ0n) is 9.86. The Balaban J connectivity index is 1.84. The Labute approximate surface area is 107 Å². The number of carbonyl (C=O) groups is 1. The summed E-state index contributed by atoms with van der Waals surface area (Å²) in [4.78, 5) is 11.9. The fourth-order valence-electron chi connectivity index (χ4n) is 2.29. The molecule has 92 valence electrons. The minimum Gasteiger partial charge on any atom is -0.352 e. The minimum absolute atomic E-state index is 0.0775. The number of hydrogen-bond acceptors (Lipinski definition) is 1. The molecule has 0 bridgehead atoms. The van der Waals surface area contributed by atoms with Gasteiger partial charge in [0, 0.05) is 6.04 Å². The van der Waals surface area contributed by atoms with Crippen LogP contribution in [0.2, 0.25) is 0 Å². The average Bonchev–Trinajstić information content (AvgIpc) is 2.33. The molecule has 2 atom stereocenters. The zero-order valence-corrected chi connectivity index (χ0v) is 10.6. The van der Waals surface area contributed by atoms with Crippen LogP contribution < -0.4 is 5.32 Å². The van der Waals surface area contributed by atoms with Gasteiger partial charge in [0.15, 0.2) is 0 Å². The van der Waals surface area contributed by atoms with Gasteiger partial charge in [0.05, 0.1) is 11.8 Å². The van der Waals surface area contributed by atoms with Crippen molar-refractivity contribution in [3.63, 3.8) is 0 Å². The first-order chi connectivity index (χ1) is 8.25. The molecule has 0 radical (unpaired) electrons. The molecule has 1 aliphatic carbocycles. The summed E-state index contributed by atoms with van der Waals surface area (Å²) in [5.41, 5.74) is 1.05. The molecule has 0 unspecified atom stereocenters. The molecule has 1 aromatic rings. The first-order valence-corrected chi connectivity index (χ1v) is 6.67. The van der Waals surface area contributed by atoms with Crippen LogP contribution in [0.15, 0.2) is 30.3 Å². The number of halogens is 1. The number of rotatable bonds is 3. The van der Waals surface area contributed by atoms with Crippen molar-refractivity contribution < 1.29 is 4.79 Å². The predicted molar refractivity (Wildman–Crippen MR) is 70.2 cm³/mol. The summed E-state index contributed by atoms with van der Waals surface area (Å²) >= 11 is 6.22. The molecule has 1 aromatic carbocycles. The molecule has 1 fully saturated rings. The number of hydrogen-bond donors (Lipinski definition) is 1. The number of amides is 1. The lowest BCUT2D eigenvalue weighted by atomic mass is 9.94. The van der Waals surface area contributed by atoms with E-state index >= 15 is 0 Å². The molecule has 0 heterocycles. The lowest BCUT2D eigenvalue weighted by Gasteiger charge is -2.27. The molecule has 1 aliphatic rings. The van der Waals surface area contributed by atoms with Gasteiger partial charge in [-0.3, -0.25) is 4.79 Å². The zero-order chi connectivity index (χ0) is 12.1. The van der Waals surface area contributed by atoms with Gasteiger partial charge in [-0.05, 0) is 18.4 Å². The summed E-state index contributed by atoms with van der Waals surface area (Å²) in [6.07, 6.45) is 4.81. The van der Waals surface area contributed by atoms with E-state index in [2.05, 4.69) is 5.32 Å².